The molecule has 5 heteroatoms. The molecule has 2 rings (SSSR count). The van der Waals surface area contributed by atoms with E-state index in [9.17, 15) is 0 Å². The number of aryl methyl sites for hydroxylation is 1. The average molecular weight is 236 g/mol. The SMILES string of the molecule is Cc1cccc(Oc2cnnc(Cl)n2)c1C. The summed E-state index contributed by atoms with van der Waals surface area (Å²) in [6, 6.07) is 5.82. The first-order chi connectivity index (χ1) is 7.66. The third-order valence-corrected chi connectivity index (χ3v) is 2.44. The predicted octanol–water partition coefficient (Wildman–Crippen LogP) is 2.93. The molecule has 0 bridgehead atoms. The summed E-state index contributed by atoms with van der Waals surface area (Å²) < 4.78 is 5.57. The van der Waals surface area contributed by atoms with Crippen LogP contribution in [0.25, 0.3) is 0 Å². The zero-order valence-corrected chi connectivity index (χ0v) is 9.69. The van der Waals surface area contributed by atoms with Gasteiger partial charge < -0.3 is 4.74 Å². The first-order valence-corrected chi connectivity index (χ1v) is 5.14. The Morgan fingerprint density at radius 2 is 2.06 bits per heavy atom. The molecule has 16 heavy (non-hydrogen) atoms. The topological polar surface area (TPSA) is 47.9 Å². The standard InChI is InChI=1S/C11H10ClN3O/c1-7-4-3-5-9(8(7)2)16-10-6-13-15-11(12)14-10/h3-6H,1-2H3. The zero-order chi connectivity index (χ0) is 11.5. The largest absolute Gasteiger partial charge is 0.437 e. The number of halogens is 1. The maximum absolute atomic E-state index is 5.62. The molecule has 0 aliphatic rings. The third kappa shape index (κ3) is 2.28. The fraction of sp³-hybridized carbons (Fsp3) is 0.182. The van der Waals surface area contributed by atoms with Gasteiger partial charge >= 0.3 is 0 Å². The Bertz CT molecular complexity index is 516. The number of ether oxygens (including phenoxy) is 1. The fourth-order valence-corrected chi connectivity index (χ4v) is 1.39. The summed E-state index contributed by atoms with van der Waals surface area (Å²) in [6.45, 7) is 4.01. The van der Waals surface area contributed by atoms with Crippen molar-refractivity contribution in [3.63, 3.8) is 0 Å². The molecule has 1 aromatic carbocycles. The van der Waals surface area contributed by atoms with E-state index in [0.29, 0.717) is 5.88 Å². The first kappa shape index (κ1) is 10.8. The second-order valence-corrected chi connectivity index (χ2v) is 3.70. The summed E-state index contributed by atoms with van der Waals surface area (Å²) in [6.07, 6.45) is 1.42. The van der Waals surface area contributed by atoms with Crippen LogP contribution in [0.4, 0.5) is 0 Å². The molecule has 0 aliphatic carbocycles. The van der Waals surface area contributed by atoms with Crippen molar-refractivity contribution in [2.45, 2.75) is 13.8 Å². The molecule has 0 saturated heterocycles. The van der Waals surface area contributed by atoms with Gasteiger partial charge in [-0.2, -0.15) is 10.1 Å². The molecular weight excluding hydrogens is 226 g/mol. The van der Waals surface area contributed by atoms with Gasteiger partial charge in [0, 0.05) is 0 Å². The van der Waals surface area contributed by atoms with Crippen LogP contribution in [-0.2, 0) is 0 Å². The quantitative estimate of drug-likeness (QED) is 0.803. The van der Waals surface area contributed by atoms with E-state index in [1.807, 2.05) is 32.0 Å². The van der Waals surface area contributed by atoms with Crippen LogP contribution in [0.5, 0.6) is 11.6 Å². The van der Waals surface area contributed by atoms with Crippen molar-refractivity contribution in [2.75, 3.05) is 0 Å². The van der Waals surface area contributed by atoms with Crippen molar-refractivity contribution in [3.05, 3.63) is 40.8 Å². The lowest BCUT2D eigenvalue weighted by atomic mass is 10.1. The summed E-state index contributed by atoms with van der Waals surface area (Å²) in [5, 5.41) is 7.28. The highest BCUT2D eigenvalue weighted by Gasteiger charge is 2.05. The van der Waals surface area contributed by atoms with Crippen molar-refractivity contribution in [1.29, 1.82) is 0 Å². The fourth-order valence-electron chi connectivity index (χ4n) is 1.26. The zero-order valence-electron chi connectivity index (χ0n) is 8.94. The molecule has 4 nitrogen and oxygen atoms in total. The number of hydrogen-bond acceptors (Lipinski definition) is 4. The minimum absolute atomic E-state index is 0.0720. The molecule has 0 spiro atoms. The summed E-state index contributed by atoms with van der Waals surface area (Å²) in [4.78, 5) is 3.91. The Morgan fingerprint density at radius 1 is 1.25 bits per heavy atom. The highest BCUT2D eigenvalue weighted by Crippen LogP contribution is 2.25. The number of benzene rings is 1. The molecule has 0 atom stereocenters. The van der Waals surface area contributed by atoms with E-state index >= 15 is 0 Å². The Kier molecular flexibility index (Phi) is 3.01. The van der Waals surface area contributed by atoms with E-state index in [2.05, 4.69) is 15.2 Å². The second kappa shape index (κ2) is 4.45. The number of rotatable bonds is 2. The molecule has 1 heterocycles. The van der Waals surface area contributed by atoms with Crippen LogP contribution in [-0.4, -0.2) is 15.2 Å². The van der Waals surface area contributed by atoms with Gasteiger partial charge in [0.15, 0.2) is 0 Å². The minimum Gasteiger partial charge on any atom is -0.437 e. The first-order valence-electron chi connectivity index (χ1n) is 4.76. The van der Waals surface area contributed by atoms with Crippen LogP contribution >= 0.6 is 11.6 Å². The molecule has 0 amide bonds. The third-order valence-electron chi connectivity index (χ3n) is 2.28. The predicted molar refractivity (Wildman–Crippen MR) is 60.8 cm³/mol. The van der Waals surface area contributed by atoms with Gasteiger partial charge in [0.1, 0.15) is 11.9 Å². The van der Waals surface area contributed by atoms with E-state index in [1.165, 1.54) is 6.20 Å². The molecule has 0 saturated carbocycles. The van der Waals surface area contributed by atoms with E-state index < -0.39 is 0 Å². The monoisotopic (exact) mass is 235 g/mol. The summed E-state index contributed by atoms with van der Waals surface area (Å²) in [5.41, 5.74) is 2.22. The Morgan fingerprint density at radius 3 is 2.81 bits per heavy atom. The van der Waals surface area contributed by atoms with Crippen molar-refractivity contribution >= 4 is 11.6 Å². The van der Waals surface area contributed by atoms with Crippen LogP contribution < -0.4 is 4.74 Å². The highest BCUT2D eigenvalue weighted by atomic mass is 35.5. The summed E-state index contributed by atoms with van der Waals surface area (Å²) in [5.74, 6) is 1.09. The maximum Gasteiger partial charge on any atom is 0.246 e. The average Bonchev–Trinajstić information content (AvgIpc) is 2.25. The van der Waals surface area contributed by atoms with Gasteiger partial charge in [0.2, 0.25) is 11.2 Å². The molecule has 0 fully saturated rings. The molecule has 0 radical (unpaired) electrons. The number of aromatic nitrogens is 3. The minimum atomic E-state index is 0.0720. The van der Waals surface area contributed by atoms with Gasteiger partial charge in [-0.15, -0.1) is 5.10 Å². The number of nitrogens with zero attached hydrogens (tertiary/aromatic N) is 3. The normalized spacial score (nSPS) is 10.2. The van der Waals surface area contributed by atoms with Gasteiger partial charge in [-0.05, 0) is 42.6 Å². The van der Waals surface area contributed by atoms with E-state index in [4.69, 9.17) is 16.3 Å². The van der Waals surface area contributed by atoms with E-state index in [-0.39, 0.29) is 5.28 Å². The molecule has 82 valence electrons. The molecule has 0 unspecified atom stereocenters. The van der Waals surface area contributed by atoms with Crippen LogP contribution in [0.3, 0.4) is 0 Å². The molecule has 2 aromatic rings. The van der Waals surface area contributed by atoms with Crippen LogP contribution in [0.1, 0.15) is 11.1 Å². The van der Waals surface area contributed by atoms with Gasteiger partial charge in [-0.25, -0.2) is 0 Å². The van der Waals surface area contributed by atoms with Crippen LogP contribution in [0.15, 0.2) is 24.4 Å². The van der Waals surface area contributed by atoms with Crippen molar-refractivity contribution in [2.24, 2.45) is 0 Å². The molecule has 0 N–H and O–H groups in total. The Balaban J connectivity index is 2.31. The second-order valence-electron chi connectivity index (χ2n) is 3.36. The van der Waals surface area contributed by atoms with Crippen molar-refractivity contribution in [1.82, 2.24) is 15.2 Å². The van der Waals surface area contributed by atoms with Crippen molar-refractivity contribution in [3.8, 4) is 11.6 Å². The Labute approximate surface area is 98.3 Å². The van der Waals surface area contributed by atoms with Gasteiger partial charge in [0.25, 0.3) is 0 Å². The molecule has 0 aliphatic heterocycles. The van der Waals surface area contributed by atoms with Gasteiger partial charge in [-0.1, -0.05) is 12.1 Å². The van der Waals surface area contributed by atoms with Gasteiger partial charge in [-0.3, -0.25) is 0 Å². The van der Waals surface area contributed by atoms with E-state index in [0.717, 1.165) is 16.9 Å². The maximum atomic E-state index is 5.62. The smallest absolute Gasteiger partial charge is 0.246 e. The molecule has 1 aromatic heterocycles. The van der Waals surface area contributed by atoms with Crippen LogP contribution in [0.2, 0.25) is 5.28 Å². The Hall–Kier alpha value is -1.68. The number of hydrogen-bond donors (Lipinski definition) is 0. The summed E-state index contributed by atoms with van der Waals surface area (Å²) >= 11 is 5.62. The summed E-state index contributed by atoms with van der Waals surface area (Å²) in [7, 11) is 0. The lowest BCUT2D eigenvalue weighted by Crippen LogP contribution is -1.94. The van der Waals surface area contributed by atoms with Crippen LogP contribution in [0, 0.1) is 13.8 Å². The lowest BCUT2D eigenvalue weighted by Gasteiger charge is -2.08. The molecular formula is C11H10ClN3O. The van der Waals surface area contributed by atoms with Crippen molar-refractivity contribution < 1.29 is 4.74 Å². The van der Waals surface area contributed by atoms with E-state index in [1.54, 1.807) is 0 Å². The highest BCUT2D eigenvalue weighted by molar-refractivity contribution is 6.28. The van der Waals surface area contributed by atoms with Gasteiger partial charge in [0.05, 0.1) is 0 Å². The lowest BCUT2D eigenvalue weighted by molar-refractivity contribution is 0.453.